The molecular weight excluding hydrogens is 300 g/mol. The number of carboxylic acid groups (broad SMARTS) is 1. The van der Waals surface area contributed by atoms with Gasteiger partial charge in [0, 0.05) is 31.8 Å². The molecular formula is C13H15BrO4. The minimum absolute atomic E-state index is 0.518. The second kappa shape index (κ2) is 7.89. The zero-order chi connectivity index (χ0) is 13.4. The molecule has 1 aromatic rings. The Hall–Kier alpha value is -1.33. The van der Waals surface area contributed by atoms with Crippen molar-refractivity contribution in [3.05, 3.63) is 34.3 Å². The van der Waals surface area contributed by atoms with E-state index in [1.54, 1.807) is 13.2 Å². The third-order valence-electron chi connectivity index (χ3n) is 2.14. The molecule has 0 aromatic heterocycles. The summed E-state index contributed by atoms with van der Waals surface area (Å²) >= 11 is 3.39. The van der Waals surface area contributed by atoms with E-state index in [0.717, 1.165) is 22.5 Å². The molecule has 0 saturated heterocycles. The monoisotopic (exact) mass is 314 g/mol. The maximum atomic E-state index is 10.5. The molecule has 98 valence electrons. The number of ether oxygens (including phenoxy) is 2. The number of benzene rings is 1. The van der Waals surface area contributed by atoms with Crippen LogP contribution in [0.5, 0.6) is 5.75 Å². The number of aliphatic carboxylic acids is 1. The number of para-hydroxylation sites is 1. The van der Waals surface area contributed by atoms with Gasteiger partial charge in [-0.05, 0) is 28.1 Å². The fraction of sp³-hybridized carbons (Fsp3) is 0.308. The molecule has 0 unspecified atom stereocenters. The summed E-state index contributed by atoms with van der Waals surface area (Å²) < 4.78 is 11.4. The maximum absolute atomic E-state index is 10.5. The minimum atomic E-state index is -0.986. The Balaban J connectivity index is 2.77. The van der Waals surface area contributed by atoms with Gasteiger partial charge >= 0.3 is 5.97 Å². The molecule has 0 aliphatic carbocycles. The van der Waals surface area contributed by atoms with Crippen molar-refractivity contribution >= 4 is 28.0 Å². The lowest BCUT2D eigenvalue weighted by molar-refractivity contribution is -0.131. The Bertz CT molecular complexity index is 429. The van der Waals surface area contributed by atoms with Crippen molar-refractivity contribution in [2.45, 2.75) is 6.42 Å². The third kappa shape index (κ3) is 4.89. The van der Waals surface area contributed by atoms with E-state index in [4.69, 9.17) is 14.6 Å². The average molecular weight is 315 g/mol. The van der Waals surface area contributed by atoms with Gasteiger partial charge in [0.25, 0.3) is 0 Å². The number of halogens is 1. The van der Waals surface area contributed by atoms with Gasteiger partial charge in [0.05, 0.1) is 11.1 Å². The summed E-state index contributed by atoms with van der Waals surface area (Å²) in [6.45, 7) is 1.15. The van der Waals surface area contributed by atoms with Crippen LogP contribution in [0.3, 0.4) is 0 Å². The number of hydrogen-bond donors (Lipinski definition) is 1. The Morgan fingerprint density at radius 3 is 2.89 bits per heavy atom. The van der Waals surface area contributed by atoms with Gasteiger partial charge in [-0.1, -0.05) is 12.1 Å². The van der Waals surface area contributed by atoms with Gasteiger partial charge in [0.2, 0.25) is 0 Å². The summed E-state index contributed by atoms with van der Waals surface area (Å²) in [5.74, 6) is -0.341. The van der Waals surface area contributed by atoms with Crippen molar-refractivity contribution in [2.24, 2.45) is 0 Å². The molecule has 0 saturated carbocycles. The van der Waals surface area contributed by atoms with Crippen molar-refractivity contribution < 1.29 is 19.4 Å². The number of carbonyl (C=O) groups is 1. The summed E-state index contributed by atoms with van der Waals surface area (Å²) in [5, 5.41) is 8.63. The number of rotatable bonds is 7. The average Bonchev–Trinajstić information content (AvgIpc) is 2.34. The quantitative estimate of drug-likeness (QED) is 0.621. The first-order chi connectivity index (χ1) is 8.65. The molecule has 0 heterocycles. The molecule has 1 rings (SSSR count). The van der Waals surface area contributed by atoms with Crippen LogP contribution in [-0.4, -0.2) is 31.4 Å². The van der Waals surface area contributed by atoms with E-state index in [2.05, 4.69) is 15.9 Å². The number of carboxylic acids is 1. The molecule has 0 spiro atoms. The second-order valence-electron chi connectivity index (χ2n) is 3.52. The molecule has 4 nitrogen and oxygen atoms in total. The first kappa shape index (κ1) is 14.7. The van der Waals surface area contributed by atoms with E-state index in [9.17, 15) is 4.79 Å². The molecule has 0 amide bonds. The van der Waals surface area contributed by atoms with E-state index in [1.807, 2.05) is 12.1 Å². The molecule has 0 radical (unpaired) electrons. The highest BCUT2D eigenvalue weighted by atomic mass is 79.9. The minimum Gasteiger partial charge on any atom is -0.492 e. The molecule has 0 fully saturated rings. The van der Waals surface area contributed by atoms with Crippen molar-refractivity contribution in [2.75, 3.05) is 20.3 Å². The first-order valence-electron chi connectivity index (χ1n) is 5.46. The Morgan fingerprint density at radius 2 is 2.22 bits per heavy atom. The largest absolute Gasteiger partial charge is 0.492 e. The Kier molecular flexibility index (Phi) is 6.46. The SMILES string of the molecule is COCCCOc1c(Br)cccc1/C=C/C(=O)O. The molecule has 1 N–H and O–H groups in total. The van der Waals surface area contributed by atoms with Gasteiger partial charge in [-0.15, -0.1) is 0 Å². The molecule has 1 aromatic carbocycles. The van der Waals surface area contributed by atoms with Crippen molar-refractivity contribution in [1.82, 2.24) is 0 Å². The van der Waals surface area contributed by atoms with E-state index >= 15 is 0 Å². The van der Waals surface area contributed by atoms with Crippen LogP contribution in [-0.2, 0) is 9.53 Å². The molecule has 0 aliphatic rings. The lowest BCUT2D eigenvalue weighted by Crippen LogP contribution is -2.03. The van der Waals surface area contributed by atoms with Crippen LogP contribution >= 0.6 is 15.9 Å². The van der Waals surface area contributed by atoms with Gasteiger partial charge in [0.15, 0.2) is 0 Å². The highest BCUT2D eigenvalue weighted by Crippen LogP contribution is 2.30. The van der Waals surface area contributed by atoms with Gasteiger partial charge in [-0.3, -0.25) is 0 Å². The third-order valence-corrected chi connectivity index (χ3v) is 2.77. The van der Waals surface area contributed by atoms with Crippen LogP contribution in [0.2, 0.25) is 0 Å². The smallest absolute Gasteiger partial charge is 0.328 e. The molecule has 0 atom stereocenters. The zero-order valence-corrected chi connectivity index (χ0v) is 11.6. The molecule has 18 heavy (non-hydrogen) atoms. The fourth-order valence-electron chi connectivity index (χ4n) is 1.35. The topological polar surface area (TPSA) is 55.8 Å². The van der Waals surface area contributed by atoms with E-state index in [-0.39, 0.29) is 0 Å². The summed E-state index contributed by atoms with van der Waals surface area (Å²) in [7, 11) is 1.64. The lowest BCUT2D eigenvalue weighted by Gasteiger charge is -2.10. The molecule has 0 aliphatic heterocycles. The van der Waals surface area contributed by atoms with Gasteiger partial charge in [0.1, 0.15) is 5.75 Å². The van der Waals surface area contributed by atoms with Crippen LogP contribution < -0.4 is 4.74 Å². The highest BCUT2D eigenvalue weighted by molar-refractivity contribution is 9.10. The predicted octanol–water partition coefficient (Wildman–Crippen LogP) is 2.96. The van der Waals surface area contributed by atoms with Crippen LogP contribution in [0.25, 0.3) is 6.08 Å². The fourth-order valence-corrected chi connectivity index (χ4v) is 1.84. The zero-order valence-electron chi connectivity index (χ0n) is 10.1. The molecule has 5 heteroatoms. The molecule has 0 bridgehead atoms. The van der Waals surface area contributed by atoms with Crippen molar-refractivity contribution in [3.8, 4) is 5.75 Å². The summed E-state index contributed by atoms with van der Waals surface area (Å²) in [5.41, 5.74) is 0.726. The van der Waals surface area contributed by atoms with Gasteiger partial charge in [-0.2, -0.15) is 0 Å². The number of hydrogen-bond acceptors (Lipinski definition) is 3. The normalized spacial score (nSPS) is 10.8. The van der Waals surface area contributed by atoms with Crippen molar-refractivity contribution in [3.63, 3.8) is 0 Å². The second-order valence-corrected chi connectivity index (χ2v) is 4.38. The van der Waals surface area contributed by atoms with E-state index in [0.29, 0.717) is 19.0 Å². The predicted molar refractivity (Wildman–Crippen MR) is 72.8 cm³/mol. The van der Waals surface area contributed by atoms with Crippen LogP contribution in [0.4, 0.5) is 0 Å². The van der Waals surface area contributed by atoms with Crippen LogP contribution in [0.1, 0.15) is 12.0 Å². The van der Waals surface area contributed by atoms with E-state index < -0.39 is 5.97 Å². The summed E-state index contributed by atoms with van der Waals surface area (Å²) in [6.07, 6.45) is 3.38. The summed E-state index contributed by atoms with van der Waals surface area (Å²) in [4.78, 5) is 10.5. The first-order valence-corrected chi connectivity index (χ1v) is 6.25. The highest BCUT2D eigenvalue weighted by Gasteiger charge is 2.06. The van der Waals surface area contributed by atoms with Crippen molar-refractivity contribution in [1.29, 1.82) is 0 Å². The van der Waals surface area contributed by atoms with Crippen LogP contribution in [0.15, 0.2) is 28.7 Å². The van der Waals surface area contributed by atoms with Crippen LogP contribution in [0, 0.1) is 0 Å². The van der Waals surface area contributed by atoms with E-state index in [1.165, 1.54) is 6.08 Å². The van der Waals surface area contributed by atoms with Gasteiger partial charge < -0.3 is 14.6 Å². The lowest BCUT2D eigenvalue weighted by atomic mass is 10.2. The number of methoxy groups -OCH3 is 1. The Morgan fingerprint density at radius 1 is 1.44 bits per heavy atom. The maximum Gasteiger partial charge on any atom is 0.328 e. The standard InChI is InChI=1S/C13H15BrO4/c1-17-8-3-9-18-13-10(6-7-12(15)16)4-2-5-11(13)14/h2,4-7H,3,8-9H2,1H3,(H,15,16)/b7-6+. The summed E-state index contributed by atoms with van der Waals surface area (Å²) in [6, 6.07) is 5.48. The van der Waals surface area contributed by atoms with Gasteiger partial charge in [-0.25, -0.2) is 4.79 Å². The Labute approximate surface area is 114 Å².